The lowest BCUT2D eigenvalue weighted by molar-refractivity contribution is 0.0910. The highest BCUT2D eigenvalue weighted by Crippen LogP contribution is 2.29. The molecule has 3 N–H and O–H groups in total. The number of nitrogens with one attached hydrogen (secondary N) is 1. The minimum absolute atomic E-state index is 0.00811. The molecule has 20 heavy (non-hydrogen) atoms. The Hall–Kier alpha value is -1.42. The van der Waals surface area contributed by atoms with Crippen LogP contribution in [0.2, 0.25) is 0 Å². The van der Waals surface area contributed by atoms with Crippen LogP contribution < -0.4 is 11.1 Å². The standard InChI is InChI=1S/C16H22N2OS/c1-10-3-8-14(9-11(10)2)18-16(19)13-6-4-12(5-7-13)15(17)20/h4-7,10-11,14H,3,8-9H2,1-2H3,(H2,17,20)(H,18,19). The molecule has 0 saturated heterocycles. The van der Waals surface area contributed by atoms with Gasteiger partial charge in [-0.2, -0.15) is 0 Å². The third-order valence-electron chi connectivity index (χ3n) is 4.37. The van der Waals surface area contributed by atoms with E-state index in [1.807, 2.05) is 0 Å². The van der Waals surface area contributed by atoms with Crippen molar-refractivity contribution in [3.63, 3.8) is 0 Å². The average molecular weight is 290 g/mol. The topological polar surface area (TPSA) is 55.1 Å². The number of nitrogens with two attached hydrogens (primary N) is 1. The predicted molar refractivity (Wildman–Crippen MR) is 85.8 cm³/mol. The van der Waals surface area contributed by atoms with Gasteiger partial charge in [0.15, 0.2) is 0 Å². The molecule has 1 saturated carbocycles. The van der Waals surface area contributed by atoms with Crippen LogP contribution in [0.3, 0.4) is 0 Å². The summed E-state index contributed by atoms with van der Waals surface area (Å²) >= 11 is 4.90. The van der Waals surface area contributed by atoms with Gasteiger partial charge in [0.2, 0.25) is 0 Å². The molecular weight excluding hydrogens is 268 g/mol. The number of hydrogen-bond acceptors (Lipinski definition) is 2. The van der Waals surface area contributed by atoms with E-state index in [1.54, 1.807) is 24.3 Å². The fourth-order valence-corrected chi connectivity index (χ4v) is 2.87. The van der Waals surface area contributed by atoms with Crippen LogP contribution >= 0.6 is 12.2 Å². The minimum atomic E-state index is -0.00811. The highest BCUT2D eigenvalue weighted by molar-refractivity contribution is 7.80. The van der Waals surface area contributed by atoms with E-state index in [2.05, 4.69) is 19.2 Å². The first kappa shape index (κ1) is 15.0. The first-order valence-corrected chi connectivity index (χ1v) is 7.59. The van der Waals surface area contributed by atoms with Crippen molar-refractivity contribution < 1.29 is 4.79 Å². The highest BCUT2D eigenvalue weighted by Gasteiger charge is 2.25. The summed E-state index contributed by atoms with van der Waals surface area (Å²) in [4.78, 5) is 12.6. The zero-order chi connectivity index (χ0) is 14.7. The van der Waals surface area contributed by atoms with Crippen molar-refractivity contribution in [3.8, 4) is 0 Å². The van der Waals surface area contributed by atoms with Gasteiger partial charge in [0.05, 0.1) is 0 Å². The summed E-state index contributed by atoms with van der Waals surface area (Å²) in [6, 6.07) is 7.44. The second-order valence-electron chi connectivity index (χ2n) is 5.88. The van der Waals surface area contributed by atoms with Crippen molar-refractivity contribution in [2.24, 2.45) is 17.6 Å². The van der Waals surface area contributed by atoms with Crippen molar-refractivity contribution >= 4 is 23.1 Å². The number of amides is 1. The largest absolute Gasteiger partial charge is 0.389 e. The predicted octanol–water partition coefficient (Wildman–Crippen LogP) is 2.88. The van der Waals surface area contributed by atoms with E-state index in [4.69, 9.17) is 18.0 Å². The van der Waals surface area contributed by atoms with E-state index in [1.165, 1.54) is 6.42 Å². The van der Waals surface area contributed by atoms with E-state index in [0.717, 1.165) is 24.3 Å². The molecule has 1 aromatic rings. The molecule has 1 aliphatic carbocycles. The van der Waals surface area contributed by atoms with Gasteiger partial charge in [-0.15, -0.1) is 0 Å². The maximum absolute atomic E-state index is 12.2. The van der Waals surface area contributed by atoms with Crippen LogP contribution in [0.15, 0.2) is 24.3 Å². The van der Waals surface area contributed by atoms with Crippen LogP contribution in [0.25, 0.3) is 0 Å². The van der Waals surface area contributed by atoms with Gasteiger partial charge in [-0.05, 0) is 43.2 Å². The van der Waals surface area contributed by atoms with Crippen LogP contribution in [0.1, 0.15) is 49.0 Å². The molecule has 3 unspecified atom stereocenters. The molecule has 1 aliphatic rings. The minimum Gasteiger partial charge on any atom is -0.389 e. The van der Waals surface area contributed by atoms with Crippen molar-refractivity contribution in [2.45, 2.75) is 39.2 Å². The maximum Gasteiger partial charge on any atom is 0.251 e. The molecule has 0 heterocycles. The number of carbonyl (C=O) groups is 1. The van der Waals surface area contributed by atoms with E-state index in [-0.39, 0.29) is 5.91 Å². The monoisotopic (exact) mass is 290 g/mol. The number of thiocarbonyl (C=S) groups is 1. The zero-order valence-corrected chi connectivity index (χ0v) is 12.9. The van der Waals surface area contributed by atoms with Gasteiger partial charge >= 0.3 is 0 Å². The Morgan fingerprint density at radius 2 is 1.75 bits per heavy atom. The number of benzene rings is 1. The SMILES string of the molecule is CC1CCC(NC(=O)c2ccc(C(N)=S)cc2)CC1C. The van der Waals surface area contributed by atoms with Gasteiger partial charge in [0.25, 0.3) is 5.91 Å². The lowest BCUT2D eigenvalue weighted by atomic mass is 9.79. The lowest BCUT2D eigenvalue weighted by Gasteiger charge is -2.32. The van der Waals surface area contributed by atoms with Gasteiger partial charge in [0, 0.05) is 17.2 Å². The summed E-state index contributed by atoms with van der Waals surface area (Å²) in [6.45, 7) is 4.55. The summed E-state index contributed by atoms with van der Waals surface area (Å²) in [5, 5.41) is 3.13. The Morgan fingerprint density at radius 1 is 1.15 bits per heavy atom. The fraction of sp³-hybridized carbons (Fsp3) is 0.500. The summed E-state index contributed by atoms with van der Waals surface area (Å²) in [7, 11) is 0. The van der Waals surface area contributed by atoms with E-state index in [9.17, 15) is 4.79 Å². The van der Waals surface area contributed by atoms with Crippen molar-refractivity contribution in [2.75, 3.05) is 0 Å². The number of carbonyl (C=O) groups excluding carboxylic acids is 1. The molecular formula is C16H22N2OS. The molecule has 0 aliphatic heterocycles. The van der Waals surface area contributed by atoms with Gasteiger partial charge in [0.1, 0.15) is 4.99 Å². The third-order valence-corrected chi connectivity index (χ3v) is 4.60. The second-order valence-corrected chi connectivity index (χ2v) is 6.32. The van der Waals surface area contributed by atoms with Crippen LogP contribution in [-0.4, -0.2) is 16.9 Å². The maximum atomic E-state index is 12.2. The molecule has 0 bridgehead atoms. The lowest BCUT2D eigenvalue weighted by Crippen LogP contribution is -2.39. The van der Waals surface area contributed by atoms with Crippen molar-refractivity contribution in [1.29, 1.82) is 0 Å². The Balaban J connectivity index is 1.96. The highest BCUT2D eigenvalue weighted by atomic mass is 32.1. The van der Waals surface area contributed by atoms with E-state index < -0.39 is 0 Å². The summed E-state index contributed by atoms with van der Waals surface area (Å²) < 4.78 is 0. The molecule has 0 radical (unpaired) electrons. The first-order chi connectivity index (χ1) is 9.47. The molecule has 1 aromatic carbocycles. The molecule has 1 amide bonds. The fourth-order valence-electron chi connectivity index (χ4n) is 2.73. The summed E-state index contributed by atoms with van der Waals surface area (Å²) in [6.07, 6.45) is 3.33. The molecule has 3 atom stereocenters. The van der Waals surface area contributed by atoms with Crippen molar-refractivity contribution in [3.05, 3.63) is 35.4 Å². The van der Waals surface area contributed by atoms with Crippen LogP contribution in [0.5, 0.6) is 0 Å². The molecule has 1 fully saturated rings. The average Bonchev–Trinajstić information content (AvgIpc) is 2.43. The molecule has 0 spiro atoms. The number of rotatable bonds is 3. The quantitative estimate of drug-likeness (QED) is 0.842. The van der Waals surface area contributed by atoms with Crippen LogP contribution in [0, 0.1) is 11.8 Å². The third kappa shape index (κ3) is 3.57. The number of hydrogen-bond donors (Lipinski definition) is 2. The van der Waals surface area contributed by atoms with Gasteiger partial charge < -0.3 is 11.1 Å². The van der Waals surface area contributed by atoms with Gasteiger partial charge in [-0.3, -0.25) is 4.79 Å². The van der Waals surface area contributed by atoms with E-state index in [0.29, 0.717) is 22.5 Å². The van der Waals surface area contributed by atoms with Gasteiger partial charge in [-0.1, -0.05) is 38.2 Å². The molecule has 0 aromatic heterocycles. The normalized spacial score (nSPS) is 26.0. The Bertz CT molecular complexity index is 498. The second kappa shape index (κ2) is 6.35. The van der Waals surface area contributed by atoms with Crippen LogP contribution in [0.4, 0.5) is 0 Å². The summed E-state index contributed by atoms with van der Waals surface area (Å²) in [5.41, 5.74) is 7.00. The molecule has 2 rings (SSSR count). The Labute approximate surface area is 125 Å². The molecule has 108 valence electrons. The molecule has 4 heteroatoms. The molecule has 3 nitrogen and oxygen atoms in total. The zero-order valence-electron chi connectivity index (χ0n) is 12.1. The Morgan fingerprint density at radius 3 is 2.30 bits per heavy atom. The summed E-state index contributed by atoms with van der Waals surface area (Å²) in [5.74, 6) is 1.42. The first-order valence-electron chi connectivity index (χ1n) is 7.18. The van der Waals surface area contributed by atoms with Gasteiger partial charge in [-0.25, -0.2) is 0 Å². The Kier molecular flexibility index (Phi) is 4.76. The van der Waals surface area contributed by atoms with E-state index >= 15 is 0 Å². The van der Waals surface area contributed by atoms with Crippen LogP contribution in [-0.2, 0) is 0 Å². The smallest absolute Gasteiger partial charge is 0.251 e. The van der Waals surface area contributed by atoms with Crippen molar-refractivity contribution in [1.82, 2.24) is 5.32 Å².